The molecule has 0 saturated carbocycles. The summed E-state index contributed by atoms with van der Waals surface area (Å²) in [5.41, 5.74) is 2.07. The van der Waals surface area contributed by atoms with Gasteiger partial charge in [-0.25, -0.2) is 4.98 Å². The Hall–Kier alpha value is -1.49. The molecule has 0 fully saturated rings. The van der Waals surface area contributed by atoms with Crippen molar-refractivity contribution in [3.05, 3.63) is 36.5 Å². The lowest BCUT2D eigenvalue weighted by atomic mass is 10.3. The highest BCUT2D eigenvalue weighted by atomic mass is 32.2. The van der Waals surface area contributed by atoms with Gasteiger partial charge in [0.05, 0.1) is 11.9 Å². The van der Waals surface area contributed by atoms with Crippen molar-refractivity contribution in [3.63, 3.8) is 0 Å². The fourth-order valence-electron chi connectivity index (χ4n) is 1.13. The fraction of sp³-hybridized carbons (Fsp3) is 0.200. The first-order valence-corrected chi connectivity index (χ1v) is 5.52. The number of nitrogens with zero attached hydrogens (tertiary/aromatic N) is 2. The number of rotatable bonds is 4. The number of nitrogens with one attached hydrogen (secondary N) is 1. The van der Waals surface area contributed by atoms with Crippen molar-refractivity contribution in [2.75, 3.05) is 12.4 Å². The molecule has 0 aliphatic rings. The summed E-state index contributed by atoms with van der Waals surface area (Å²) >= 11 is 1.53. The molecular formula is C10H11N3OS. The van der Waals surface area contributed by atoms with E-state index in [0.29, 0.717) is 5.22 Å². The first-order valence-electron chi connectivity index (χ1n) is 4.53. The minimum atomic E-state index is 0.673. The van der Waals surface area contributed by atoms with Gasteiger partial charge in [-0.2, -0.15) is 0 Å². The summed E-state index contributed by atoms with van der Waals surface area (Å²) in [6.07, 6.45) is 5.00. The van der Waals surface area contributed by atoms with Gasteiger partial charge in [-0.15, -0.1) is 0 Å². The minimum Gasteiger partial charge on any atom is -0.440 e. The molecule has 0 aromatic carbocycles. The van der Waals surface area contributed by atoms with Crippen molar-refractivity contribution in [2.45, 2.75) is 11.0 Å². The van der Waals surface area contributed by atoms with E-state index in [1.165, 1.54) is 11.8 Å². The molecule has 2 rings (SSSR count). The maximum Gasteiger partial charge on any atom is 0.255 e. The summed E-state index contributed by atoms with van der Waals surface area (Å²) in [5.74, 6) is 0.760. The van der Waals surface area contributed by atoms with Crippen molar-refractivity contribution in [3.8, 4) is 0 Å². The van der Waals surface area contributed by atoms with Crippen LogP contribution in [-0.4, -0.2) is 17.0 Å². The number of hydrogen-bond donors (Lipinski definition) is 1. The first kappa shape index (κ1) is 10.0. The normalized spacial score (nSPS) is 10.2. The molecule has 0 radical (unpaired) electrons. The van der Waals surface area contributed by atoms with E-state index in [1.54, 1.807) is 18.7 Å². The summed E-state index contributed by atoms with van der Waals surface area (Å²) < 4.78 is 5.12. The second-order valence-electron chi connectivity index (χ2n) is 2.87. The Morgan fingerprint density at radius 2 is 2.33 bits per heavy atom. The van der Waals surface area contributed by atoms with Gasteiger partial charge in [-0.3, -0.25) is 4.98 Å². The standard InChI is InChI=1S/C10H11N3OS/c1-11-8-2-3-12-9(6-8)7-15-10-13-4-5-14-10/h2-6H,7H2,1H3,(H,11,12). The van der Waals surface area contributed by atoms with Crippen molar-refractivity contribution < 1.29 is 4.42 Å². The Bertz CT molecular complexity index is 416. The minimum absolute atomic E-state index is 0.673. The van der Waals surface area contributed by atoms with Gasteiger partial charge in [0, 0.05) is 24.7 Å². The van der Waals surface area contributed by atoms with E-state index >= 15 is 0 Å². The van der Waals surface area contributed by atoms with E-state index in [0.717, 1.165) is 17.1 Å². The maximum absolute atomic E-state index is 5.12. The van der Waals surface area contributed by atoms with Gasteiger partial charge < -0.3 is 9.73 Å². The highest BCUT2D eigenvalue weighted by Crippen LogP contribution is 2.20. The summed E-state index contributed by atoms with van der Waals surface area (Å²) in [5, 5.41) is 3.75. The lowest BCUT2D eigenvalue weighted by Gasteiger charge is -2.01. The topological polar surface area (TPSA) is 51.0 Å². The van der Waals surface area contributed by atoms with Crippen LogP contribution in [0.5, 0.6) is 0 Å². The van der Waals surface area contributed by atoms with Crippen LogP contribution in [0.15, 0.2) is 40.4 Å². The Morgan fingerprint density at radius 3 is 3.07 bits per heavy atom. The number of hydrogen-bond acceptors (Lipinski definition) is 5. The predicted octanol–water partition coefficient (Wildman–Crippen LogP) is 2.40. The molecule has 78 valence electrons. The number of anilines is 1. The lowest BCUT2D eigenvalue weighted by Crippen LogP contribution is -1.92. The Balaban J connectivity index is 1.98. The largest absolute Gasteiger partial charge is 0.440 e. The Labute approximate surface area is 92.1 Å². The van der Waals surface area contributed by atoms with Gasteiger partial charge in [0.1, 0.15) is 6.26 Å². The second-order valence-corrected chi connectivity index (χ2v) is 3.80. The lowest BCUT2D eigenvalue weighted by molar-refractivity contribution is 0.454. The molecule has 0 aliphatic carbocycles. The van der Waals surface area contributed by atoms with Crippen molar-refractivity contribution in [1.29, 1.82) is 0 Å². The van der Waals surface area contributed by atoms with Gasteiger partial charge in [-0.05, 0) is 12.1 Å². The molecule has 2 aromatic rings. The highest BCUT2D eigenvalue weighted by Gasteiger charge is 2.01. The zero-order valence-corrected chi connectivity index (χ0v) is 9.12. The van der Waals surface area contributed by atoms with Crippen LogP contribution in [0.1, 0.15) is 5.69 Å². The summed E-state index contributed by atoms with van der Waals surface area (Å²) in [7, 11) is 1.89. The average molecular weight is 221 g/mol. The summed E-state index contributed by atoms with van der Waals surface area (Å²) in [6, 6.07) is 3.94. The Kier molecular flexibility index (Phi) is 3.24. The number of oxazole rings is 1. The number of aromatic nitrogens is 2. The third kappa shape index (κ3) is 2.73. The molecule has 2 heterocycles. The quantitative estimate of drug-likeness (QED) is 0.803. The summed E-state index contributed by atoms with van der Waals surface area (Å²) in [4.78, 5) is 8.28. The van der Waals surface area contributed by atoms with Crippen LogP contribution in [0.2, 0.25) is 0 Å². The van der Waals surface area contributed by atoms with Crippen LogP contribution >= 0.6 is 11.8 Å². The van der Waals surface area contributed by atoms with Crippen LogP contribution in [0.25, 0.3) is 0 Å². The van der Waals surface area contributed by atoms with Crippen LogP contribution in [-0.2, 0) is 5.75 Å². The molecule has 0 saturated heterocycles. The molecule has 0 atom stereocenters. The van der Waals surface area contributed by atoms with E-state index in [-0.39, 0.29) is 0 Å². The van der Waals surface area contributed by atoms with Gasteiger partial charge in [0.25, 0.3) is 5.22 Å². The van der Waals surface area contributed by atoms with Crippen LogP contribution in [0, 0.1) is 0 Å². The predicted molar refractivity (Wildman–Crippen MR) is 59.8 cm³/mol. The molecule has 15 heavy (non-hydrogen) atoms. The zero-order valence-electron chi connectivity index (χ0n) is 8.30. The van der Waals surface area contributed by atoms with E-state index in [1.807, 2.05) is 19.2 Å². The van der Waals surface area contributed by atoms with Crippen LogP contribution in [0.3, 0.4) is 0 Å². The molecule has 0 bridgehead atoms. The molecule has 1 N–H and O–H groups in total. The zero-order chi connectivity index (χ0) is 10.5. The van der Waals surface area contributed by atoms with Gasteiger partial charge in [0.2, 0.25) is 0 Å². The molecule has 0 amide bonds. The monoisotopic (exact) mass is 221 g/mol. The molecule has 5 heteroatoms. The average Bonchev–Trinajstić information content (AvgIpc) is 2.79. The second kappa shape index (κ2) is 4.84. The van der Waals surface area contributed by atoms with Gasteiger partial charge in [-0.1, -0.05) is 11.8 Å². The number of thioether (sulfide) groups is 1. The van der Waals surface area contributed by atoms with Crippen molar-refractivity contribution >= 4 is 17.4 Å². The van der Waals surface area contributed by atoms with E-state index in [9.17, 15) is 0 Å². The molecule has 2 aromatic heterocycles. The molecule has 0 aliphatic heterocycles. The SMILES string of the molecule is CNc1ccnc(CSc2ncco2)c1. The smallest absolute Gasteiger partial charge is 0.255 e. The third-order valence-electron chi connectivity index (χ3n) is 1.86. The molecular weight excluding hydrogens is 210 g/mol. The molecule has 0 spiro atoms. The highest BCUT2D eigenvalue weighted by molar-refractivity contribution is 7.98. The van der Waals surface area contributed by atoms with E-state index < -0.39 is 0 Å². The van der Waals surface area contributed by atoms with Crippen LogP contribution in [0.4, 0.5) is 5.69 Å². The third-order valence-corrected chi connectivity index (χ3v) is 2.75. The van der Waals surface area contributed by atoms with Crippen molar-refractivity contribution in [1.82, 2.24) is 9.97 Å². The maximum atomic E-state index is 5.12. The van der Waals surface area contributed by atoms with Crippen LogP contribution < -0.4 is 5.32 Å². The van der Waals surface area contributed by atoms with Crippen molar-refractivity contribution in [2.24, 2.45) is 0 Å². The van der Waals surface area contributed by atoms with E-state index in [4.69, 9.17) is 4.42 Å². The van der Waals surface area contributed by atoms with Gasteiger partial charge >= 0.3 is 0 Å². The number of pyridine rings is 1. The molecule has 0 unspecified atom stereocenters. The molecule has 4 nitrogen and oxygen atoms in total. The Morgan fingerprint density at radius 1 is 1.40 bits per heavy atom. The first-order chi connectivity index (χ1) is 7.38. The van der Waals surface area contributed by atoms with Gasteiger partial charge in [0.15, 0.2) is 0 Å². The fourth-order valence-corrected chi connectivity index (χ4v) is 1.82. The van der Waals surface area contributed by atoms with E-state index in [2.05, 4.69) is 15.3 Å². The summed E-state index contributed by atoms with van der Waals surface area (Å²) in [6.45, 7) is 0.